The summed E-state index contributed by atoms with van der Waals surface area (Å²) in [5.41, 5.74) is 2.21. The van der Waals surface area contributed by atoms with Gasteiger partial charge in [0.05, 0.1) is 16.9 Å². The van der Waals surface area contributed by atoms with E-state index in [1.54, 1.807) is 17.8 Å². The summed E-state index contributed by atoms with van der Waals surface area (Å²) in [6, 6.07) is 5.50. The Morgan fingerprint density at radius 1 is 1.29 bits per heavy atom. The summed E-state index contributed by atoms with van der Waals surface area (Å²) in [6.45, 7) is 1.94. The molecule has 1 N–H and O–H groups in total. The fourth-order valence-corrected chi connectivity index (χ4v) is 2.34. The van der Waals surface area contributed by atoms with E-state index < -0.39 is 6.10 Å². The molecule has 0 aliphatic heterocycles. The third-order valence-electron chi connectivity index (χ3n) is 2.65. The molecule has 0 saturated heterocycles. The van der Waals surface area contributed by atoms with E-state index in [0.29, 0.717) is 21.3 Å². The lowest BCUT2D eigenvalue weighted by Crippen LogP contribution is -2.07. The minimum atomic E-state index is -0.872. The summed E-state index contributed by atoms with van der Waals surface area (Å²) in [4.78, 5) is 0. The molecule has 0 saturated carbocycles. The maximum atomic E-state index is 10.3. The van der Waals surface area contributed by atoms with Gasteiger partial charge in [-0.1, -0.05) is 35.3 Å². The number of benzene rings is 1. The first-order chi connectivity index (χ1) is 8.00. The number of hydrogen-bond acceptors (Lipinski definition) is 2. The van der Waals surface area contributed by atoms with Crippen LogP contribution in [0.15, 0.2) is 24.4 Å². The van der Waals surface area contributed by atoms with E-state index in [-0.39, 0.29) is 0 Å². The summed E-state index contributed by atoms with van der Waals surface area (Å²) in [7, 11) is 1.73. The van der Waals surface area contributed by atoms with E-state index in [0.717, 1.165) is 5.56 Å². The highest BCUT2D eigenvalue weighted by Gasteiger charge is 2.20. The molecule has 1 atom stereocenters. The second-order valence-electron chi connectivity index (χ2n) is 3.93. The van der Waals surface area contributed by atoms with E-state index in [9.17, 15) is 5.11 Å². The molecule has 0 fully saturated rings. The summed E-state index contributed by atoms with van der Waals surface area (Å²) in [5.74, 6) is 0. The molecule has 1 aromatic carbocycles. The third-order valence-corrected chi connectivity index (χ3v) is 3.27. The third kappa shape index (κ3) is 2.32. The van der Waals surface area contributed by atoms with Gasteiger partial charge in [-0.25, -0.2) is 0 Å². The first kappa shape index (κ1) is 12.4. The van der Waals surface area contributed by atoms with Gasteiger partial charge in [-0.3, -0.25) is 4.68 Å². The number of halogens is 2. The number of aliphatic hydroxyl groups excluding tert-OH is 1. The van der Waals surface area contributed by atoms with Crippen molar-refractivity contribution in [3.63, 3.8) is 0 Å². The maximum absolute atomic E-state index is 10.3. The molecule has 0 radical (unpaired) electrons. The average molecular weight is 271 g/mol. The molecule has 1 heterocycles. The Morgan fingerprint density at radius 3 is 2.53 bits per heavy atom. The van der Waals surface area contributed by atoms with Crippen molar-refractivity contribution in [1.29, 1.82) is 0 Å². The Morgan fingerprint density at radius 2 is 2.00 bits per heavy atom. The number of aromatic nitrogens is 2. The first-order valence-electron chi connectivity index (χ1n) is 5.12. The molecule has 90 valence electrons. The highest BCUT2D eigenvalue weighted by molar-refractivity contribution is 6.32. The van der Waals surface area contributed by atoms with E-state index in [1.807, 2.05) is 19.1 Å². The van der Waals surface area contributed by atoms with Crippen molar-refractivity contribution < 1.29 is 5.11 Å². The van der Waals surface area contributed by atoms with E-state index in [1.165, 1.54) is 6.20 Å². The Kier molecular flexibility index (Phi) is 3.43. The number of hydrogen-bond donors (Lipinski definition) is 1. The number of aryl methyl sites for hydroxylation is 2. The van der Waals surface area contributed by atoms with Gasteiger partial charge in [0.2, 0.25) is 0 Å². The lowest BCUT2D eigenvalue weighted by molar-refractivity contribution is 0.210. The van der Waals surface area contributed by atoms with Gasteiger partial charge < -0.3 is 5.11 Å². The molecule has 3 nitrogen and oxygen atoms in total. The zero-order valence-corrected chi connectivity index (χ0v) is 11.0. The Bertz CT molecular complexity index is 532. The van der Waals surface area contributed by atoms with Crippen LogP contribution >= 0.6 is 23.2 Å². The van der Waals surface area contributed by atoms with Gasteiger partial charge in [0.15, 0.2) is 0 Å². The standard InChI is InChI=1S/C12H12Cl2N2O/c1-7-3-4-8(9(13)5-7)12(17)11-10(14)6-15-16(11)2/h3-6,12,17H,1-2H3. The van der Waals surface area contributed by atoms with Crippen molar-refractivity contribution >= 4 is 23.2 Å². The minimum Gasteiger partial charge on any atom is -0.382 e. The molecule has 0 bridgehead atoms. The van der Waals surface area contributed by atoms with Gasteiger partial charge in [0.1, 0.15) is 6.10 Å². The smallest absolute Gasteiger partial charge is 0.124 e. The molecule has 0 aliphatic rings. The van der Waals surface area contributed by atoms with Crippen LogP contribution in [0.1, 0.15) is 22.9 Å². The zero-order chi connectivity index (χ0) is 12.6. The quantitative estimate of drug-likeness (QED) is 0.911. The van der Waals surface area contributed by atoms with E-state index >= 15 is 0 Å². The highest BCUT2D eigenvalue weighted by Crippen LogP contribution is 2.32. The lowest BCUT2D eigenvalue weighted by Gasteiger charge is -2.14. The zero-order valence-electron chi connectivity index (χ0n) is 9.48. The number of nitrogens with zero attached hydrogens (tertiary/aromatic N) is 2. The van der Waals surface area contributed by atoms with E-state index in [2.05, 4.69) is 5.10 Å². The summed E-state index contributed by atoms with van der Waals surface area (Å²) in [5, 5.41) is 15.2. The van der Waals surface area contributed by atoms with Crippen molar-refractivity contribution in [2.45, 2.75) is 13.0 Å². The Labute approximate surface area is 110 Å². The molecule has 2 aromatic rings. The van der Waals surface area contributed by atoms with Gasteiger partial charge in [-0.05, 0) is 18.6 Å². The summed E-state index contributed by atoms with van der Waals surface area (Å²) >= 11 is 12.1. The van der Waals surface area contributed by atoms with Gasteiger partial charge in [0.25, 0.3) is 0 Å². The highest BCUT2D eigenvalue weighted by atomic mass is 35.5. The van der Waals surface area contributed by atoms with E-state index in [4.69, 9.17) is 23.2 Å². The maximum Gasteiger partial charge on any atom is 0.124 e. The van der Waals surface area contributed by atoms with Gasteiger partial charge in [-0.15, -0.1) is 0 Å². The lowest BCUT2D eigenvalue weighted by atomic mass is 10.0. The van der Waals surface area contributed by atoms with Crippen LogP contribution in [0.3, 0.4) is 0 Å². The van der Waals surface area contributed by atoms with Crippen LogP contribution in [0, 0.1) is 6.92 Å². The van der Waals surface area contributed by atoms with Crippen LogP contribution in [0.2, 0.25) is 10.0 Å². The monoisotopic (exact) mass is 270 g/mol. The molecule has 5 heteroatoms. The number of aliphatic hydroxyl groups is 1. The molecule has 0 aliphatic carbocycles. The average Bonchev–Trinajstić information content (AvgIpc) is 2.58. The largest absolute Gasteiger partial charge is 0.382 e. The molecule has 0 amide bonds. The van der Waals surface area contributed by atoms with Crippen molar-refractivity contribution in [1.82, 2.24) is 9.78 Å². The van der Waals surface area contributed by atoms with Crippen LogP contribution < -0.4 is 0 Å². The molecule has 17 heavy (non-hydrogen) atoms. The van der Waals surface area contributed by atoms with Crippen LogP contribution in [0.5, 0.6) is 0 Å². The second kappa shape index (κ2) is 4.69. The summed E-state index contributed by atoms with van der Waals surface area (Å²) < 4.78 is 1.54. The van der Waals surface area contributed by atoms with Crippen molar-refractivity contribution in [3.8, 4) is 0 Å². The SMILES string of the molecule is Cc1ccc(C(O)c2c(Cl)cnn2C)c(Cl)c1. The normalized spacial score (nSPS) is 12.8. The van der Waals surface area contributed by atoms with Gasteiger partial charge in [-0.2, -0.15) is 5.10 Å². The predicted molar refractivity (Wildman–Crippen MR) is 68.5 cm³/mol. The van der Waals surface area contributed by atoms with Gasteiger partial charge in [0, 0.05) is 17.6 Å². The Balaban J connectivity index is 2.47. The molecular weight excluding hydrogens is 259 g/mol. The second-order valence-corrected chi connectivity index (χ2v) is 4.74. The number of rotatable bonds is 2. The molecule has 1 aromatic heterocycles. The van der Waals surface area contributed by atoms with Crippen LogP contribution in [0.4, 0.5) is 0 Å². The predicted octanol–water partition coefficient (Wildman–Crippen LogP) is 3.12. The first-order valence-corrected chi connectivity index (χ1v) is 5.88. The molecule has 2 rings (SSSR count). The van der Waals surface area contributed by atoms with Crippen molar-refractivity contribution in [2.24, 2.45) is 7.05 Å². The topological polar surface area (TPSA) is 38.1 Å². The fourth-order valence-electron chi connectivity index (χ4n) is 1.73. The van der Waals surface area contributed by atoms with Crippen LogP contribution in [-0.4, -0.2) is 14.9 Å². The Hall–Kier alpha value is -1.03. The van der Waals surface area contributed by atoms with Crippen molar-refractivity contribution in [2.75, 3.05) is 0 Å². The van der Waals surface area contributed by atoms with Crippen molar-refractivity contribution in [3.05, 3.63) is 51.3 Å². The fraction of sp³-hybridized carbons (Fsp3) is 0.250. The van der Waals surface area contributed by atoms with Gasteiger partial charge >= 0.3 is 0 Å². The van der Waals surface area contributed by atoms with Crippen LogP contribution in [-0.2, 0) is 7.05 Å². The minimum absolute atomic E-state index is 0.427. The van der Waals surface area contributed by atoms with Crippen LogP contribution in [0.25, 0.3) is 0 Å². The summed E-state index contributed by atoms with van der Waals surface area (Å²) in [6.07, 6.45) is 0.630. The molecular formula is C12H12Cl2N2O. The molecule has 1 unspecified atom stereocenters. The molecule has 0 spiro atoms.